The number of ether oxygens (including phenoxy) is 2. The zero-order valence-electron chi connectivity index (χ0n) is 11.8. The first kappa shape index (κ1) is 16.2. The molecule has 1 aliphatic rings. The SMILES string of the molecule is COC(=O)C1=C(C)OC(N)=C(C#N)[C@H]1c1cccc(Cl)c1Cl. The van der Waals surface area contributed by atoms with Crippen molar-refractivity contribution in [2.45, 2.75) is 12.8 Å². The smallest absolute Gasteiger partial charge is 0.338 e. The fourth-order valence-corrected chi connectivity index (χ4v) is 2.73. The van der Waals surface area contributed by atoms with Crippen LogP contribution >= 0.6 is 23.2 Å². The van der Waals surface area contributed by atoms with Crippen LogP contribution in [0.1, 0.15) is 18.4 Å². The van der Waals surface area contributed by atoms with E-state index in [1.165, 1.54) is 7.11 Å². The lowest BCUT2D eigenvalue weighted by molar-refractivity contribution is -0.136. The topological polar surface area (TPSA) is 85.3 Å². The molecule has 0 fully saturated rings. The zero-order valence-corrected chi connectivity index (χ0v) is 13.3. The number of esters is 1. The molecule has 0 amide bonds. The summed E-state index contributed by atoms with van der Waals surface area (Å²) in [5.74, 6) is -1.24. The van der Waals surface area contributed by atoms with Gasteiger partial charge in [-0.15, -0.1) is 0 Å². The Morgan fingerprint density at radius 3 is 2.73 bits per heavy atom. The van der Waals surface area contributed by atoms with E-state index < -0.39 is 11.9 Å². The van der Waals surface area contributed by atoms with Gasteiger partial charge in [-0.1, -0.05) is 35.3 Å². The minimum absolute atomic E-state index is 0.0753. The molecule has 1 atom stereocenters. The van der Waals surface area contributed by atoms with Crippen LogP contribution in [0.5, 0.6) is 0 Å². The second kappa shape index (κ2) is 6.30. The zero-order chi connectivity index (χ0) is 16.4. The highest BCUT2D eigenvalue weighted by Gasteiger charge is 2.37. The van der Waals surface area contributed by atoms with E-state index >= 15 is 0 Å². The third-order valence-corrected chi connectivity index (χ3v) is 4.14. The van der Waals surface area contributed by atoms with E-state index in [-0.39, 0.29) is 27.8 Å². The van der Waals surface area contributed by atoms with Gasteiger partial charge in [0.2, 0.25) is 5.88 Å². The predicted octanol–water partition coefficient (Wildman–Crippen LogP) is 3.25. The Labute approximate surface area is 137 Å². The number of benzene rings is 1. The van der Waals surface area contributed by atoms with E-state index in [1.54, 1.807) is 25.1 Å². The molecular weight excluding hydrogens is 327 g/mol. The molecule has 2 N–H and O–H groups in total. The van der Waals surface area contributed by atoms with E-state index in [1.807, 2.05) is 6.07 Å². The molecule has 7 heteroatoms. The third-order valence-electron chi connectivity index (χ3n) is 3.30. The molecule has 114 valence electrons. The number of carbonyl (C=O) groups is 1. The second-order valence-electron chi connectivity index (χ2n) is 4.53. The van der Waals surface area contributed by atoms with Gasteiger partial charge in [0, 0.05) is 0 Å². The van der Waals surface area contributed by atoms with Crippen LogP contribution in [-0.2, 0) is 14.3 Å². The fourth-order valence-electron chi connectivity index (χ4n) is 2.31. The van der Waals surface area contributed by atoms with Crippen molar-refractivity contribution in [2.24, 2.45) is 5.73 Å². The molecular formula is C15H12Cl2N2O3. The number of halogens is 2. The molecule has 0 unspecified atom stereocenters. The molecule has 0 saturated heterocycles. The summed E-state index contributed by atoms with van der Waals surface area (Å²) in [5.41, 5.74) is 6.50. The number of hydrogen-bond donors (Lipinski definition) is 1. The second-order valence-corrected chi connectivity index (χ2v) is 5.31. The minimum Gasteiger partial charge on any atom is -0.466 e. The fraction of sp³-hybridized carbons (Fsp3) is 0.200. The Bertz CT molecular complexity index is 748. The monoisotopic (exact) mass is 338 g/mol. The Kier molecular flexibility index (Phi) is 4.65. The molecule has 0 spiro atoms. The highest BCUT2D eigenvalue weighted by molar-refractivity contribution is 6.42. The van der Waals surface area contributed by atoms with Gasteiger partial charge in [0.1, 0.15) is 17.4 Å². The van der Waals surface area contributed by atoms with Crippen molar-refractivity contribution < 1.29 is 14.3 Å². The number of carbonyl (C=O) groups excluding carboxylic acids is 1. The van der Waals surface area contributed by atoms with Crippen LogP contribution < -0.4 is 5.73 Å². The Morgan fingerprint density at radius 2 is 2.14 bits per heavy atom. The van der Waals surface area contributed by atoms with Gasteiger partial charge in [0.25, 0.3) is 0 Å². The molecule has 0 bridgehead atoms. The lowest BCUT2D eigenvalue weighted by atomic mass is 9.83. The largest absolute Gasteiger partial charge is 0.466 e. The van der Waals surface area contributed by atoms with Crippen molar-refractivity contribution >= 4 is 29.2 Å². The molecule has 5 nitrogen and oxygen atoms in total. The van der Waals surface area contributed by atoms with Crippen molar-refractivity contribution in [1.82, 2.24) is 0 Å². The van der Waals surface area contributed by atoms with Crippen molar-refractivity contribution in [3.05, 3.63) is 56.6 Å². The lowest BCUT2D eigenvalue weighted by Gasteiger charge is -2.27. The van der Waals surface area contributed by atoms with Gasteiger partial charge in [-0.05, 0) is 18.6 Å². The van der Waals surface area contributed by atoms with Gasteiger partial charge in [-0.3, -0.25) is 0 Å². The molecule has 1 aliphatic heterocycles. The molecule has 0 radical (unpaired) electrons. The number of nitrogens with two attached hydrogens (primary N) is 1. The van der Waals surface area contributed by atoms with Crippen molar-refractivity contribution in [3.8, 4) is 6.07 Å². The number of nitriles is 1. The number of methoxy groups -OCH3 is 1. The van der Waals surface area contributed by atoms with Gasteiger partial charge in [-0.25, -0.2) is 4.79 Å². The summed E-state index contributed by atoms with van der Waals surface area (Å²) < 4.78 is 10.1. The molecule has 1 heterocycles. The van der Waals surface area contributed by atoms with E-state index in [2.05, 4.69) is 0 Å². The van der Waals surface area contributed by atoms with Crippen LogP contribution in [0.2, 0.25) is 10.0 Å². The highest BCUT2D eigenvalue weighted by atomic mass is 35.5. The number of nitrogens with zero attached hydrogens (tertiary/aromatic N) is 1. The third kappa shape index (κ3) is 2.63. The van der Waals surface area contributed by atoms with Crippen LogP contribution in [0.15, 0.2) is 41.0 Å². The molecule has 22 heavy (non-hydrogen) atoms. The number of hydrogen-bond acceptors (Lipinski definition) is 5. The average Bonchev–Trinajstić information content (AvgIpc) is 2.49. The van der Waals surface area contributed by atoms with Crippen molar-refractivity contribution in [2.75, 3.05) is 7.11 Å². The minimum atomic E-state index is -0.794. The summed E-state index contributed by atoms with van der Waals surface area (Å²) in [5, 5.41) is 9.94. The summed E-state index contributed by atoms with van der Waals surface area (Å²) >= 11 is 12.3. The van der Waals surface area contributed by atoms with Gasteiger partial charge >= 0.3 is 5.97 Å². The van der Waals surface area contributed by atoms with Crippen molar-refractivity contribution in [1.29, 1.82) is 5.26 Å². The first-order chi connectivity index (χ1) is 10.4. The van der Waals surface area contributed by atoms with Crippen LogP contribution in [-0.4, -0.2) is 13.1 Å². The lowest BCUT2D eigenvalue weighted by Crippen LogP contribution is -2.25. The summed E-state index contributed by atoms with van der Waals surface area (Å²) in [4.78, 5) is 12.1. The maximum absolute atomic E-state index is 12.1. The van der Waals surface area contributed by atoms with E-state index in [9.17, 15) is 10.1 Å². The molecule has 2 rings (SSSR count). The Morgan fingerprint density at radius 1 is 1.45 bits per heavy atom. The molecule has 0 aliphatic carbocycles. The molecule has 1 aromatic carbocycles. The van der Waals surface area contributed by atoms with Gasteiger partial charge < -0.3 is 15.2 Å². The summed E-state index contributed by atoms with van der Waals surface area (Å²) in [7, 11) is 1.24. The first-order valence-corrected chi connectivity index (χ1v) is 6.98. The normalized spacial score (nSPS) is 17.9. The standard InChI is InChI=1S/C15H12Cl2N2O3/c1-7-11(15(20)21-2)12(9(6-18)14(19)22-7)8-4-3-5-10(16)13(8)17/h3-5,12H,19H2,1-2H3/t12-/m1/s1. The maximum atomic E-state index is 12.1. The van der Waals surface area contributed by atoms with E-state index in [0.717, 1.165) is 0 Å². The Hall–Kier alpha value is -2.16. The highest BCUT2D eigenvalue weighted by Crippen LogP contribution is 2.43. The number of rotatable bonds is 2. The van der Waals surface area contributed by atoms with Crippen LogP contribution in [0.3, 0.4) is 0 Å². The molecule has 0 aromatic heterocycles. The van der Waals surface area contributed by atoms with Crippen LogP contribution in [0.4, 0.5) is 0 Å². The molecule has 0 saturated carbocycles. The van der Waals surface area contributed by atoms with Crippen LogP contribution in [0, 0.1) is 11.3 Å². The van der Waals surface area contributed by atoms with E-state index in [0.29, 0.717) is 10.6 Å². The van der Waals surface area contributed by atoms with Gasteiger partial charge in [0.05, 0.1) is 28.6 Å². The van der Waals surface area contributed by atoms with Crippen molar-refractivity contribution in [3.63, 3.8) is 0 Å². The predicted molar refractivity (Wildman–Crippen MR) is 81.8 cm³/mol. The number of allylic oxidation sites excluding steroid dienone is 2. The van der Waals surface area contributed by atoms with Crippen LogP contribution in [0.25, 0.3) is 0 Å². The Balaban J connectivity index is 2.74. The average molecular weight is 339 g/mol. The van der Waals surface area contributed by atoms with Gasteiger partial charge in [-0.2, -0.15) is 5.26 Å². The summed E-state index contributed by atoms with van der Waals surface area (Å²) in [6.07, 6.45) is 0. The first-order valence-electron chi connectivity index (χ1n) is 6.23. The van der Waals surface area contributed by atoms with E-state index in [4.69, 9.17) is 38.4 Å². The van der Waals surface area contributed by atoms with Gasteiger partial charge in [0.15, 0.2) is 0 Å². The maximum Gasteiger partial charge on any atom is 0.338 e. The summed E-state index contributed by atoms with van der Waals surface area (Å²) in [6, 6.07) is 6.92. The summed E-state index contributed by atoms with van der Waals surface area (Å²) in [6.45, 7) is 1.57. The molecule has 1 aromatic rings. The quantitative estimate of drug-likeness (QED) is 0.836.